The van der Waals surface area contributed by atoms with Crippen LogP contribution in [-0.2, 0) is 0 Å². The van der Waals surface area contributed by atoms with E-state index in [9.17, 15) is 14.9 Å². The molecule has 0 aliphatic carbocycles. The molecule has 0 amide bonds. The van der Waals surface area contributed by atoms with E-state index in [1.165, 1.54) is 6.07 Å². The van der Waals surface area contributed by atoms with E-state index in [2.05, 4.69) is 9.88 Å². The molecule has 0 spiro atoms. The summed E-state index contributed by atoms with van der Waals surface area (Å²) >= 11 is 0. The number of anilines is 2. The van der Waals surface area contributed by atoms with E-state index in [1.54, 1.807) is 36.4 Å². The zero-order chi connectivity index (χ0) is 20.2. The second-order valence-electron chi connectivity index (χ2n) is 6.89. The van der Waals surface area contributed by atoms with E-state index >= 15 is 0 Å². The fourth-order valence-corrected chi connectivity index (χ4v) is 3.63. The van der Waals surface area contributed by atoms with Gasteiger partial charge in [-0.1, -0.05) is 30.3 Å². The highest BCUT2D eigenvalue weighted by atomic mass is 16.6. The number of rotatable bonds is 5. The summed E-state index contributed by atoms with van der Waals surface area (Å²) in [5.74, 6) is -0.217. The minimum atomic E-state index is -0.406. The van der Waals surface area contributed by atoms with Gasteiger partial charge in [-0.05, 0) is 12.1 Å². The summed E-state index contributed by atoms with van der Waals surface area (Å²) < 4.78 is 0. The van der Waals surface area contributed by atoms with Gasteiger partial charge in [-0.25, -0.2) is 4.98 Å². The van der Waals surface area contributed by atoms with Gasteiger partial charge in [0.05, 0.1) is 4.92 Å². The molecule has 2 aromatic carbocycles. The van der Waals surface area contributed by atoms with Gasteiger partial charge in [-0.15, -0.1) is 0 Å². The molecule has 1 aromatic heterocycles. The van der Waals surface area contributed by atoms with Crippen molar-refractivity contribution >= 4 is 22.8 Å². The van der Waals surface area contributed by atoms with Crippen LogP contribution in [0.4, 0.5) is 17.1 Å². The number of nitro benzene ring substituents is 1. The number of hydrogen-bond acceptors (Lipinski definition) is 5. The van der Waals surface area contributed by atoms with Crippen molar-refractivity contribution in [3.05, 3.63) is 94.3 Å². The summed E-state index contributed by atoms with van der Waals surface area (Å²) in [6.07, 6.45) is 3.77. The van der Waals surface area contributed by atoms with Gasteiger partial charge in [0.15, 0.2) is 18.2 Å². The lowest BCUT2D eigenvalue weighted by Crippen LogP contribution is -2.46. The number of ketones is 1. The van der Waals surface area contributed by atoms with Crippen LogP contribution in [-0.4, -0.2) is 36.9 Å². The van der Waals surface area contributed by atoms with Gasteiger partial charge < -0.3 is 9.80 Å². The molecule has 7 nitrogen and oxygen atoms in total. The van der Waals surface area contributed by atoms with Crippen LogP contribution < -0.4 is 14.8 Å². The van der Waals surface area contributed by atoms with Crippen LogP contribution in [0.5, 0.6) is 0 Å². The maximum Gasteiger partial charge on any atom is 0.293 e. The summed E-state index contributed by atoms with van der Waals surface area (Å²) in [6.45, 7) is 2.88. The smallest absolute Gasteiger partial charge is 0.293 e. The van der Waals surface area contributed by atoms with E-state index in [1.807, 2.05) is 35.5 Å². The van der Waals surface area contributed by atoms with Crippen molar-refractivity contribution in [2.45, 2.75) is 0 Å². The van der Waals surface area contributed by atoms with E-state index < -0.39 is 4.92 Å². The molecule has 2 heterocycles. The van der Waals surface area contributed by atoms with Crippen molar-refractivity contribution in [2.24, 2.45) is 0 Å². The third-order valence-electron chi connectivity index (χ3n) is 5.16. The lowest BCUT2D eigenvalue weighted by Gasteiger charge is -2.36. The van der Waals surface area contributed by atoms with E-state index in [0.717, 1.165) is 18.8 Å². The lowest BCUT2D eigenvalue weighted by molar-refractivity contribution is -0.384. The molecule has 29 heavy (non-hydrogen) atoms. The largest absolute Gasteiger partial charge is 0.368 e. The normalized spacial score (nSPS) is 13.9. The first kappa shape index (κ1) is 18.6. The maximum atomic E-state index is 12.7. The van der Waals surface area contributed by atoms with Crippen molar-refractivity contribution in [1.82, 2.24) is 0 Å². The quantitative estimate of drug-likeness (QED) is 0.381. The number of pyridine rings is 1. The average Bonchev–Trinajstić information content (AvgIpc) is 2.79. The van der Waals surface area contributed by atoms with E-state index in [0.29, 0.717) is 29.9 Å². The molecular formula is C22H21N4O3+. The molecule has 0 unspecified atom stereocenters. The molecule has 0 saturated carbocycles. The summed E-state index contributed by atoms with van der Waals surface area (Å²) in [6, 6.07) is 17.6. The van der Waals surface area contributed by atoms with Crippen LogP contribution in [0.1, 0.15) is 15.9 Å². The van der Waals surface area contributed by atoms with Crippen molar-refractivity contribution in [3.63, 3.8) is 0 Å². The van der Waals surface area contributed by atoms with Crippen molar-refractivity contribution in [3.8, 4) is 0 Å². The SMILES string of the molecule is O=C(c1ccccc1)c1ccc(N2CCN(c3cc[nH+]cc3)CC2)c([N+](=O)[O-])c1. The Morgan fingerprint density at radius 2 is 1.52 bits per heavy atom. The Hall–Kier alpha value is -3.74. The van der Waals surface area contributed by atoms with E-state index in [4.69, 9.17) is 0 Å². The molecule has 1 fully saturated rings. The molecule has 146 valence electrons. The van der Waals surface area contributed by atoms with Gasteiger partial charge in [-0.3, -0.25) is 14.9 Å². The number of hydrogen-bond donors (Lipinski definition) is 0. The number of nitrogens with zero attached hydrogens (tertiary/aromatic N) is 3. The number of benzene rings is 2. The van der Waals surface area contributed by atoms with Gasteiger partial charge in [-0.2, -0.15) is 0 Å². The maximum absolute atomic E-state index is 12.7. The second-order valence-corrected chi connectivity index (χ2v) is 6.89. The molecule has 1 aliphatic heterocycles. The number of nitro groups is 1. The first-order chi connectivity index (χ1) is 14.1. The summed E-state index contributed by atoms with van der Waals surface area (Å²) in [5, 5.41) is 11.7. The Morgan fingerprint density at radius 3 is 2.17 bits per heavy atom. The Morgan fingerprint density at radius 1 is 0.862 bits per heavy atom. The number of aromatic nitrogens is 1. The molecule has 0 atom stereocenters. The minimum Gasteiger partial charge on any atom is -0.368 e. The molecule has 1 saturated heterocycles. The number of carbonyl (C=O) groups excluding carboxylic acids is 1. The molecule has 7 heteroatoms. The number of aromatic amines is 1. The van der Waals surface area contributed by atoms with Crippen LogP contribution in [0.25, 0.3) is 0 Å². The van der Waals surface area contributed by atoms with Crippen molar-refractivity contribution < 1.29 is 14.7 Å². The first-order valence-corrected chi connectivity index (χ1v) is 9.48. The van der Waals surface area contributed by atoms with Crippen molar-refractivity contribution in [1.29, 1.82) is 0 Å². The Bertz CT molecular complexity index is 1020. The number of carbonyl (C=O) groups is 1. The van der Waals surface area contributed by atoms with Gasteiger partial charge in [0.2, 0.25) is 0 Å². The fourth-order valence-electron chi connectivity index (χ4n) is 3.63. The number of piperazine rings is 1. The van der Waals surface area contributed by atoms with Crippen molar-refractivity contribution in [2.75, 3.05) is 36.0 Å². The van der Waals surface area contributed by atoms with Gasteiger partial charge >= 0.3 is 0 Å². The standard InChI is InChI=1S/C22H20N4O3/c27-22(17-4-2-1-3-5-17)18-6-7-20(21(16-18)26(28)29)25-14-12-24(13-15-25)19-8-10-23-11-9-19/h1-11,16H,12-15H2/p+1. The molecule has 1 aliphatic rings. The highest BCUT2D eigenvalue weighted by molar-refractivity contribution is 6.09. The summed E-state index contributed by atoms with van der Waals surface area (Å²) in [7, 11) is 0. The monoisotopic (exact) mass is 389 g/mol. The molecule has 0 bridgehead atoms. The fraction of sp³-hybridized carbons (Fsp3) is 0.182. The zero-order valence-electron chi connectivity index (χ0n) is 15.8. The third kappa shape index (κ3) is 3.94. The predicted octanol–water partition coefficient (Wildman–Crippen LogP) is 2.97. The minimum absolute atomic E-state index is 0.0328. The van der Waals surface area contributed by atoms with Crippen LogP contribution in [0.15, 0.2) is 73.1 Å². The molecule has 3 aromatic rings. The molecular weight excluding hydrogens is 368 g/mol. The van der Waals surface area contributed by atoms with Crippen LogP contribution in [0, 0.1) is 10.1 Å². The third-order valence-corrected chi connectivity index (χ3v) is 5.16. The second kappa shape index (κ2) is 8.10. The Kier molecular flexibility index (Phi) is 5.20. The molecule has 4 rings (SSSR count). The summed E-state index contributed by atoms with van der Waals surface area (Å²) in [5.41, 5.74) is 2.49. The first-order valence-electron chi connectivity index (χ1n) is 9.48. The van der Waals surface area contributed by atoms with Crippen LogP contribution in [0.3, 0.4) is 0 Å². The predicted molar refractivity (Wildman–Crippen MR) is 110 cm³/mol. The Balaban J connectivity index is 1.55. The number of H-pyrrole nitrogens is 1. The highest BCUT2D eigenvalue weighted by Gasteiger charge is 2.25. The topological polar surface area (TPSA) is 80.8 Å². The highest BCUT2D eigenvalue weighted by Crippen LogP contribution is 2.31. The molecule has 1 N–H and O–H groups in total. The van der Waals surface area contributed by atoms with E-state index in [-0.39, 0.29) is 11.5 Å². The van der Waals surface area contributed by atoms with Gasteiger partial charge in [0.25, 0.3) is 5.69 Å². The lowest BCUT2D eigenvalue weighted by atomic mass is 10.0. The Labute approximate surface area is 168 Å². The zero-order valence-corrected chi connectivity index (χ0v) is 15.8. The number of nitrogens with one attached hydrogen (secondary N) is 1. The average molecular weight is 389 g/mol. The van der Waals surface area contributed by atoms with Gasteiger partial charge in [0.1, 0.15) is 5.69 Å². The van der Waals surface area contributed by atoms with Gasteiger partial charge in [0, 0.05) is 61.2 Å². The molecule has 0 radical (unpaired) electrons. The van der Waals surface area contributed by atoms with Crippen LogP contribution in [0.2, 0.25) is 0 Å². The summed E-state index contributed by atoms with van der Waals surface area (Å²) in [4.78, 5) is 31.3. The van der Waals surface area contributed by atoms with Crippen LogP contribution >= 0.6 is 0 Å².